The van der Waals surface area contributed by atoms with Gasteiger partial charge in [-0.3, -0.25) is 24.0 Å². The smallest absolute Gasteiger partial charge is 0.314 e. The Balaban J connectivity index is 1.43. The van der Waals surface area contributed by atoms with Crippen molar-refractivity contribution < 1.29 is 19.1 Å². The second kappa shape index (κ2) is 9.15. The molecule has 1 aromatic heterocycles. The summed E-state index contributed by atoms with van der Waals surface area (Å²) in [5.41, 5.74) is -0.526. The second-order valence-corrected chi connectivity index (χ2v) is 11.4. The van der Waals surface area contributed by atoms with Gasteiger partial charge in [0.25, 0.3) is 5.91 Å². The molecule has 4 atom stereocenters. The minimum Gasteiger partial charge on any atom is -0.366 e. The molecule has 3 heterocycles. The van der Waals surface area contributed by atoms with Crippen LogP contribution >= 0.6 is 11.6 Å². The van der Waals surface area contributed by atoms with E-state index < -0.39 is 40.6 Å². The number of hydrogen-bond acceptors (Lipinski definition) is 6. The summed E-state index contributed by atoms with van der Waals surface area (Å²) >= 11 is 6.41. The van der Waals surface area contributed by atoms with E-state index in [4.69, 9.17) is 16.3 Å². The van der Waals surface area contributed by atoms with Crippen LogP contribution in [-0.2, 0) is 14.3 Å². The second-order valence-electron chi connectivity index (χ2n) is 10.8. The maximum absolute atomic E-state index is 13.9. The van der Waals surface area contributed by atoms with Crippen molar-refractivity contribution in [3.05, 3.63) is 44.5 Å². The van der Waals surface area contributed by atoms with Crippen LogP contribution in [0.1, 0.15) is 49.9 Å². The minimum atomic E-state index is -0.838. The normalized spacial score (nSPS) is 26.7. The standard InChI is InChI=1S/C25H29ClN4O6/c1-25(2)7-5-12(6-8-25)18(24(35)30-10-14(26)20-19(30)17(31)11-36-20)29-21(32)13-3-4-15-16(9-13)28-23(34)22(33)27-15/h3-4,9,12,14,18-20H,5-8,10-11H2,1-2H3,(H,27,33)(H,28,34)(H,29,32)/t14-,18-,19+,20+/m0/s1. The molecule has 0 radical (unpaired) electrons. The number of carbonyl (C=O) groups excluding carboxylic acids is 3. The number of alkyl halides is 1. The summed E-state index contributed by atoms with van der Waals surface area (Å²) in [6.45, 7) is 4.48. The molecule has 1 aliphatic carbocycles. The van der Waals surface area contributed by atoms with E-state index in [2.05, 4.69) is 29.1 Å². The van der Waals surface area contributed by atoms with Crippen molar-refractivity contribution in [3.63, 3.8) is 0 Å². The first-order valence-corrected chi connectivity index (χ1v) is 12.6. The number of ketones is 1. The Morgan fingerprint density at radius 1 is 1.11 bits per heavy atom. The highest BCUT2D eigenvalue weighted by Crippen LogP contribution is 2.40. The molecule has 2 aromatic rings. The number of hydrogen-bond donors (Lipinski definition) is 3. The molecule has 1 aromatic carbocycles. The summed E-state index contributed by atoms with van der Waals surface area (Å²) < 4.78 is 5.53. The van der Waals surface area contributed by atoms with Gasteiger partial charge >= 0.3 is 11.1 Å². The summed E-state index contributed by atoms with van der Waals surface area (Å²) in [6.07, 6.45) is 2.80. The predicted molar refractivity (Wildman–Crippen MR) is 132 cm³/mol. The fourth-order valence-electron chi connectivity index (χ4n) is 5.62. The first-order chi connectivity index (χ1) is 17.0. The fourth-order valence-corrected chi connectivity index (χ4v) is 5.98. The van der Waals surface area contributed by atoms with Crippen molar-refractivity contribution in [2.75, 3.05) is 13.2 Å². The van der Waals surface area contributed by atoms with Crippen LogP contribution in [-0.4, -0.2) is 69.2 Å². The minimum absolute atomic E-state index is 0.0750. The maximum atomic E-state index is 13.9. The number of ether oxygens (including phenoxy) is 1. The molecule has 11 heteroatoms. The van der Waals surface area contributed by atoms with Crippen LogP contribution in [0.4, 0.5) is 0 Å². The molecular weight excluding hydrogens is 488 g/mol. The van der Waals surface area contributed by atoms with E-state index >= 15 is 0 Å². The molecule has 0 spiro atoms. The first-order valence-electron chi connectivity index (χ1n) is 12.2. The topological polar surface area (TPSA) is 141 Å². The van der Waals surface area contributed by atoms with Gasteiger partial charge in [0.05, 0.1) is 16.4 Å². The monoisotopic (exact) mass is 516 g/mol. The molecule has 0 bridgehead atoms. The number of Topliss-reactive ketones (excluding diaryl/α,β-unsaturated/α-hetero) is 1. The Labute approximate surface area is 211 Å². The van der Waals surface area contributed by atoms with Crippen LogP contribution < -0.4 is 16.4 Å². The summed E-state index contributed by atoms with van der Waals surface area (Å²) in [5.74, 6) is -1.10. The number of carbonyl (C=O) groups is 3. The Bertz CT molecular complexity index is 1340. The van der Waals surface area contributed by atoms with E-state index in [0.29, 0.717) is 11.0 Å². The molecule has 192 valence electrons. The van der Waals surface area contributed by atoms with Crippen molar-refractivity contribution in [1.82, 2.24) is 20.2 Å². The molecule has 0 unspecified atom stereocenters. The van der Waals surface area contributed by atoms with Gasteiger partial charge in [0.1, 0.15) is 24.8 Å². The van der Waals surface area contributed by atoms with Gasteiger partial charge in [0.15, 0.2) is 5.78 Å². The zero-order chi connectivity index (χ0) is 25.8. The van der Waals surface area contributed by atoms with Crippen LogP contribution in [0.3, 0.4) is 0 Å². The third-order valence-corrected chi connectivity index (χ3v) is 8.18. The third kappa shape index (κ3) is 4.48. The van der Waals surface area contributed by atoms with Crippen LogP contribution in [0.2, 0.25) is 0 Å². The lowest BCUT2D eigenvalue weighted by Gasteiger charge is -2.39. The molecule has 2 aliphatic heterocycles. The van der Waals surface area contributed by atoms with Crippen LogP contribution in [0.15, 0.2) is 27.8 Å². The van der Waals surface area contributed by atoms with Crippen molar-refractivity contribution >= 4 is 40.2 Å². The molecule has 5 rings (SSSR count). The number of benzene rings is 1. The Hall–Kier alpha value is -2.98. The molecular formula is C25H29ClN4O6. The number of aromatic amines is 2. The van der Waals surface area contributed by atoms with Crippen molar-refractivity contribution in [2.24, 2.45) is 11.3 Å². The van der Waals surface area contributed by atoms with Gasteiger partial charge in [-0.2, -0.15) is 0 Å². The quantitative estimate of drug-likeness (QED) is 0.413. The van der Waals surface area contributed by atoms with E-state index in [1.165, 1.54) is 23.1 Å². The fraction of sp³-hybridized carbons (Fsp3) is 0.560. The lowest BCUT2D eigenvalue weighted by Crippen LogP contribution is -2.55. The molecule has 3 fully saturated rings. The number of halogens is 1. The summed E-state index contributed by atoms with van der Waals surface area (Å²) in [5, 5.41) is 2.42. The summed E-state index contributed by atoms with van der Waals surface area (Å²) in [7, 11) is 0. The molecule has 3 N–H and O–H groups in total. The lowest BCUT2D eigenvalue weighted by molar-refractivity contribution is -0.139. The number of nitrogens with one attached hydrogen (secondary N) is 3. The Morgan fingerprint density at radius 2 is 1.78 bits per heavy atom. The van der Waals surface area contributed by atoms with Gasteiger partial charge in [-0.25, -0.2) is 0 Å². The molecule has 2 saturated heterocycles. The van der Waals surface area contributed by atoms with Gasteiger partial charge in [-0.15, -0.1) is 11.6 Å². The predicted octanol–water partition coefficient (Wildman–Crippen LogP) is 1.32. The highest BCUT2D eigenvalue weighted by molar-refractivity contribution is 6.22. The van der Waals surface area contributed by atoms with E-state index in [1.807, 2.05) is 0 Å². The zero-order valence-electron chi connectivity index (χ0n) is 20.1. The summed E-state index contributed by atoms with van der Waals surface area (Å²) in [4.78, 5) is 69.4. The molecule has 1 saturated carbocycles. The highest BCUT2D eigenvalue weighted by atomic mass is 35.5. The lowest BCUT2D eigenvalue weighted by atomic mass is 9.71. The van der Waals surface area contributed by atoms with Crippen molar-refractivity contribution in [3.8, 4) is 0 Å². The maximum Gasteiger partial charge on any atom is 0.314 e. The van der Waals surface area contributed by atoms with E-state index in [1.54, 1.807) is 0 Å². The molecule has 36 heavy (non-hydrogen) atoms. The number of fused-ring (bicyclic) bond motifs is 2. The number of aromatic nitrogens is 2. The number of nitrogens with zero attached hydrogens (tertiary/aromatic N) is 1. The van der Waals surface area contributed by atoms with Crippen molar-refractivity contribution in [2.45, 2.75) is 63.1 Å². The zero-order valence-corrected chi connectivity index (χ0v) is 20.9. The average Bonchev–Trinajstić information content (AvgIpc) is 3.38. The number of amides is 2. The van der Waals surface area contributed by atoms with Gasteiger partial charge < -0.3 is 24.9 Å². The largest absolute Gasteiger partial charge is 0.366 e. The van der Waals surface area contributed by atoms with Crippen LogP contribution in [0.5, 0.6) is 0 Å². The highest BCUT2D eigenvalue weighted by Gasteiger charge is 2.53. The average molecular weight is 517 g/mol. The number of H-pyrrole nitrogens is 2. The first kappa shape index (κ1) is 24.7. The van der Waals surface area contributed by atoms with E-state index in [0.717, 1.165) is 25.7 Å². The van der Waals surface area contributed by atoms with Gasteiger partial charge in [-0.1, -0.05) is 13.8 Å². The van der Waals surface area contributed by atoms with Crippen molar-refractivity contribution in [1.29, 1.82) is 0 Å². The summed E-state index contributed by atoms with van der Waals surface area (Å²) in [6, 6.07) is 2.94. The third-order valence-electron chi connectivity index (χ3n) is 7.80. The van der Waals surface area contributed by atoms with Gasteiger partial charge in [-0.05, 0) is 55.2 Å². The molecule has 3 aliphatic rings. The number of likely N-dealkylation sites (tertiary alicyclic amines) is 1. The van der Waals surface area contributed by atoms with Gasteiger partial charge in [0, 0.05) is 12.1 Å². The van der Waals surface area contributed by atoms with E-state index in [-0.39, 0.29) is 41.7 Å². The number of rotatable bonds is 4. The Morgan fingerprint density at radius 3 is 2.47 bits per heavy atom. The van der Waals surface area contributed by atoms with Crippen LogP contribution in [0.25, 0.3) is 11.0 Å². The molecule has 10 nitrogen and oxygen atoms in total. The van der Waals surface area contributed by atoms with Crippen LogP contribution in [0, 0.1) is 11.3 Å². The SMILES string of the molecule is CC1(C)CCC([C@H](NC(=O)c2ccc3[nH]c(=O)c(=O)[nH]c3c2)C(=O)N2C[C@H](Cl)[C@H]3OCC(=O)[C@H]32)CC1. The molecule has 2 amide bonds. The Kier molecular flexibility index (Phi) is 6.28. The van der Waals surface area contributed by atoms with Gasteiger partial charge in [0.2, 0.25) is 5.91 Å². The van der Waals surface area contributed by atoms with E-state index in [9.17, 15) is 24.0 Å².